The molecule has 0 aliphatic heterocycles. The number of anilines is 3. The Morgan fingerprint density at radius 3 is 1.77 bits per heavy atom. The summed E-state index contributed by atoms with van der Waals surface area (Å²) in [7, 11) is 0. The number of nitrogens with zero attached hydrogens (tertiary/aromatic N) is 1. The first kappa shape index (κ1) is 35.2. The molecule has 0 unspecified atom stereocenters. The summed E-state index contributed by atoms with van der Waals surface area (Å²) in [5.41, 5.74) is 14.6. The topological polar surface area (TPSA) is 16.4 Å². The summed E-state index contributed by atoms with van der Waals surface area (Å²) in [4.78, 5) is 2.37. The van der Waals surface area contributed by atoms with E-state index in [1.807, 2.05) is 23.5 Å². The van der Waals surface area contributed by atoms with E-state index in [0.29, 0.717) is 0 Å². The lowest BCUT2D eigenvalue weighted by molar-refractivity contribution is 0.669. The number of fused-ring (bicyclic) bond motifs is 7. The van der Waals surface area contributed by atoms with Crippen molar-refractivity contribution in [3.05, 3.63) is 224 Å². The van der Waals surface area contributed by atoms with Crippen LogP contribution in [0, 0.1) is 0 Å². The Kier molecular flexibility index (Phi) is 8.39. The van der Waals surface area contributed by atoms with E-state index in [1.54, 1.807) is 0 Å². The Labute approximate surface area is 357 Å². The molecule has 61 heavy (non-hydrogen) atoms. The molecule has 3 heteroatoms. The van der Waals surface area contributed by atoms with Crippen LogP contribution in [0.15, 0.2) is 229 Å². The summed E-state index contributed by atoms with van der Waals surface area (Å²) in [5.74, 6) is 0. The number of para-hydroxylation sites is 1. The van der Waals surface area contributed by atoms with Crippen LogP contribution in [0.1, 0.15) is 0 Å². The van der Waals surface area contributed by atoms with Crippen molar-refractivity contribution in [2.45, 2.75) is 0 Å². The van der Waals surface area contributed by atoms with Gasteiger partial charge in [0.05, 0.1) is 0 Å². The maximum absolute atomic E-state index is 6.26. The molecule has 0 atom stereocenters. The standard InChI is InChI=1S/C58H37NOS/c1-2-12-41-35-44(26-25-38(41)11-1)39-27-31-46(32-28-39)59(47-33-29-40(30-34-47)49-19-10-23-55-57(49)53-18-3-5-22-54(53)60-55)48-16-8-14-43(37-48)42-13-7-15-45(36-42)50-20-9-21-52-51-17-4-6-24-56(51)61-58(50)52/h1-37H. The average molecular weight is 796 g/mol. The highest BCUT2D eigenvalue weighted by molar-refractivity contribution is 7.26. The van der Waals surface area contributed by atoms with Crippen LogP contribution in [0.2, 0.25) is 0 Å². The molecule has 0 saturated carbocycles. The van der Waals surface area contributed by atoms with Gasteiger partial charge in [-0.15, -0.1) is 11.3 Å². The van der Waals surface area contributed by atoms with Crippen molar-refractivity contribution in [1.29, 1.82) is 0 Å². The highest BCUT2D eigenvalue weighted by Gasteiger charge is 2.17. The summed E-state index contributed by atoms with van der Waals surface area (Å²) in [6, 6.07) is 81.2. The molecule has 0 fully saturated rings. The van der Waals surface area contributed by atoms with Crippen molar-refractivity contribution < 1.29 is 4.42 Å². The van der Waals surface area contributed by atoms with E-state index in [0.717, 1.165) is 55.7 Å². The minimum absolute atomic E-state index is 0.900. The normalized spacial score (nSPS) is 11.6. The maximum atomic E-state index is 6.26. The fourth-order valence-electron chi connectivity index (χ4n) is 9.09. The number of hydrogen-bond donors (Lipinski definition) is 0. The SMILES string of the molecule is c1cc(-c2cccc(N(c3ccc(-c4ccc5ccccc5c4)cc3)c3ccc(-c4cccc5oc6ccccc6c45)cc3)c2)cc(-c2cccc3c2sc2ccccc23)c1. The summed E-state index contributed by atoms with van der Waals surface area (Å²) >= 11 is 1.88. The Balaban J connectivity index is 0.952. The van der Waals surface area contributed by atoms with Gasteiger partial charge >= 0.3 is 0 Å². The zero-order valence-electron chi connectivity index (χ0n) is 33.1. The van der Waals surface area contributed by atoms with Gasteiger partial charge in [0.2, 0.25) is 0 Å². The Morgan fingerprint density at radius 2 is 0.918 bits per heavy atom. The lowest BCUT2D eigenvalue weighted by atomic mass is 9.97. The third kappa shape index (κ3) is 6.18. The predicted octanol–water partition coefficient (Wildman–Crippen LogP) is 17.2. The smallest absolute Gasteiger partial charge is 0.136 e. The molecular weight excluding hydrogens is 759 g/mol. The first-order valence-electron chi connectivity index (χ1n) is 20.7. The van der Waals surface area contributed by atoms with Gasteiger partial charge in [0.15, 0.2) is 0 Å². The largest absolute Gasteiger partial charge is 0.456 e. The first-order chi connectivity index (χ1) is 30.2. The van der Waals surface area contributed by atoms with Crippen LogP contribution < -0.4 is 4.90 Å². The quantitative estimate of drug-likeness (QED) is 0.160. The van der Waals surface area contributed by atoms with Gasteiger partial charge in [-0.2, -0.15) is 0 Å². The summed E-state index contributed by atoms with van der Waals surface area (Å²) in [6.07, 6.45) is 0. The Hall–Kier alpha value is -7.72. The second kappa shape index (κ2) is 14.5. The van der Waals surface area contributed by atoms with Crippen molar-refractivity contribution in [2.24, 2.45) is 0 Å². The van der Waals surface area contributed by atoms with Crippen LogP contribution in [0.4, 0.5) is 17.1 Å². The van der Waals surface area contributed by atoms with Crippen LogP contribution >= 0.6 is 11.3 Å². The van der Waals surface area contributed by atoms with Crippen LogP contribution in [0.25, 0.3) is 97.4 Å². The number of thiophene rings is 1. The third-order valence-corrected chi connectivity index (χ3v) is 13.3. The summed E-state index contributed by atoms with van der Waals surface area (Å²) in [5, 5.41) is 7.40. The van der Waals surface area contributed by atoms with Gasteiger partial charge in [0, 0.05) is 48.0 Å². The van der Waals surface area contributed by atoms with Crippen molar-refractivity contribution in [1.82, 2.24) is 0 Å². The molecule has 10 aromatic carbocycles. The van der Waals surface area contributed by atoms with E-state index in [-0.39, 0.29) is 0 Å². The molecule has 2 heterocycles. The molecular formula is C58H37NOS. The third-order valence-electron chi connectivity index (χ3n) is 12.1. The number of furan rings is 1. The molecule has 12 aromatic rings. The molecule has 0 bridgehead atoms. The fourth-order valence-corrected chi connectivity index (χ4v) is 10.3. The van der Waals surface area contributed by atoms with Crippen LogP contribution in [0.3, 0.4) is 0 Å². The lowest BCUT2D eigenvalue weighted by Crippen LogP contribution is -2.10. The zero-order valence-corrected chi connectivity index (χ0v) is 33.9. The second-order valence-corrected chi connectivity index (χ2v) is 16.7. The molecule has 12 rings (SSSR count). The molecule has 2 aromatic heterocycles. The van der Waals surface area contributed by atoms with E-state index < -0.39 is 0 Å². The average Bonchev–Trinajstić information content (AvgIpc) is 3.91. The molecule has 286 valence electrons. The van der Waals surface area contributed by atoms with Gasteiger partial charge in [0.1, 0.15) is 11.2 Å². The molecule has 0 radical (unpaired) electrons. The lowest BCUT2D eigenvalue weighted by Gasteiger charge is -2.26. The predicted molar refractivity (Wildman–Crippen MR) is 261 cm³/mol. The monoisotopic (exact) mass is 795 g/mol. The van der Waals surface area contributed by atoms with Crippen LogP contribution in [0.5, 0.6) is 0 Å². The maximum Gasteiger partial charge on any atom is 0.136 e. The Morgan fingerprint density at radius 1 is 0.328 bits per heavy atom. The second-order valence-electron chi connectivity index (χ2n) is 15.7. The van der Waals surface area contributed by atoms with E-state index in [4.69, 9.17) is 4.42 Å². The van der Waals surface area contributed by atoms with Gasteiger partial charge in [0.25, 0.3) is 0 Å². The molecule has 0 saturated heterocycles. The molecule has 2 nitrogen and oxygen atoms in total. The van der Waals surface area contributed by atoms with Gasteiger partial charge in [-0.25, -0.2) is 0 Å². The van der Waals surface area contributed by atoms with E-state index in [2.05, 4.69) is 217 Å². The Bertz CT molecular complexity index is 3590. The first-order valence-corrected chi connectivity index (χ1v) is 21.5. The molecule has 0 aliphatic carbocycles. The van der Waals surface area contributed by atoms with Crippen molar-refractivity contribution in [3.8, 4) is 44.5 Å². The van der Waals surface area contributed by atoms with Gasteiger partial charge < -0.3 is 9.32 Å². The van der Waals surface area contributed by atoms with Crippen molar-refractivity contribution in [2.75, 3.05) is 4.90 Å². The minimum atomic E-state index is 0.900. The number of benzene rings is 10. The molecule has 0 aliphatic rings. The van der Waals surface area contributed by atoms with E-state index in [9.17, 15) is 0 Å². The number of rotatable bonds is 7. The van der Waals surface area contributed by atoms with Crippen LogP contribution in [-0.4, -0.2) is 0 Å². The van der Waals surface area contributed by atoms with Gasteiger partial charge in [-0.1, -0.05) is 158 Å². The summed E-state index contributed by atoms with van der Waals surface area (Å²) < 4.78 is 8.90. The minimum Gasteiger partial charge on any atom is -0.456 e. The van der Waals surface area contributed by atoms with Gasteiger partial charge in [-0.05, 0) is 122 Å². The highest BCUT2D eigenvalue weighted by atomic mass is 32.1. The molecule has 0 amide bonds. The van der Waals surface area contributed by atoms with Crippen molar-refractivity contribution in [3.63, 3.8) is 0 Å². The highest BCUT2D eigenvalue weighted by Crippen LogP contribution is 2.43. The molecule has 0 N–H and O–H groups in total. The molecule has 0 spiro atoms. The van der Waals surface area contributed by atoms with E-state index in [1.165, 1.54) is 58.8 Å². The van der Waals surface area contributed by atoms with Gasteiger partial charge in [-0.3, -0.25) is 0 Å². The van der Waals surface area contributed by atoms with Crippen molar-refractivity contribution >= 4 is 81.3 Å². The summed E-state index contributed by atoms with van der Waals surface area (Å²) in [6.45, 7) is 0. The van der Waals surface area contributed by atoms with E-state index >= 15 is 0 Å². The van der Waals surface area contributed by atoms with Crippen LogP contribution in [-0.2, 0) is 0 Å². The zero-order chi connectivity index (χ0) is 40.3. The fraction of sp³-hybridized carbons (Fsp3) is 0. The number of hydrogen-bond acceptors (Lipinski definition) is 3.